The molecule has 0 heterocycles. The van der Waals surface area contributed by atoms with Crippen LogP contribution in [0.5, 0.6) is 5.75 Å². The van der Waals surface area contributed by atoms with Crippen LogP contribution in [0.15, 0.2) is 54.6 Å². The lowest BCUT2D eigenvalue weighted by molar-refractivity contribution is 0.470. The maximum Gasteiger partial charge on any atom is 0.123 e. The van der Waals surface area contributed by atoms with E-state index in [0.29, 0.717) is 5.75 Å². The highest BCUT2D eigenvalue weighted by molar-refractivity contribution is 5.51. The predicted octanol–water partition coefficient (Wildman–Crippen LogP) is 1.81. The Bertz CT molecular complexity index is 798. The predicted molar refractivity (Wildman–Crippen MR) is 69.5 cm³/mol. The highest BCUT2D eigenvalue weighted by Gasteiger charge is 1.95. The molecule has 1 heteroatoms. The van der Waals surface area contributed by atoms with Crippen molar-refractivity contribution in [1.82, 2.24) is 0 Å². The molecule has 2 aromatic carbocycles. The summed E-state index contributed by atoms with van der Waals surface area (Å²) in [5.41, 5.74) is 0. The largest absolute Gasteiger partial charge is 0.507 e. The van der Waals surface area contributed by atoms with Crippen LogP contribution in [0.1, 0.15) is 0 Å². The van der Waals surface area contributed by atoms with Gasteiger partial charge in [-0.1, -0.05) is 60.7 Å². The Labute approximate surface area is 99.0 Å². The summed E-state index contributed by atoms with van der Waals surface area (Å²) in [6.07, 6.45) is 7.97. The second-order valence-corrected chi connectivity index (χ2v) is 4.04. The molecule has 0 atom stereocenters. The third kappa shape index (κ3) is 1.66. The fourth-order valence-corrected chi connectivity index (χ4v) is 2.16. The van der Waals surface area contributed by atoms with Crippen molar-refractivity contribution < 1.29 is 5.11 Å². The van der Waals surface area contributed by atoms with Gasteiger partial charge in [-0.05, 0) is 21.7 Å². The van der Waals surface area contributed by atoms with Crippen LogP contribution in [0.3, 0.4) is 0 Å². The summed E-state index contributed by atoms with van der Waals surface area (Å²) < 4.78 is 0. The summed E-state index contributed by atoms with van der Waals surface area (Å²) in [5, 5.41) is 14.2. The molecule has 1 aliphatic rings. The molecule has 1 nitrogen and oxygen atoms in total. The van der Waals surface area contributed by atoms with E-state index < -0.39 is 0 Å². The van der Waals surface area contributed by atoms with Gasteiger partial charge in [0.25, 0.3) is 0 Å². The van der Waals surface area contributed by atoms with Gasteiger partial charge in [0.05, 0.1) is 0 Å². The maximum atomic E-state index is 9.92. The van der Waals surface area contributed by atoms with Gasteiger partial charge < -0.3 is 5.11 Å². The van der Waals surface area contributed by atoms with Gasteiger partial charge in [0, 0.05) is 5.22 Å². The number of rotatable bonds is 0. The van der Waals surface area contributed by atoms with Crippen molar-refractivity contribution in [2.45, 2.75) is 0 Å². The lowest BCUT2D eigenvalue weighted by atomic mass is 10.1. The number of fused-ring (bicyclic) bond motifs is 2. The van der Waals surface area contributed by atoms with Crippen LogP contribution in [0.4, 0.5) is 0 Å². The number of hydrogen-bond donors (Lipinski definition) is 1. The van der Waals surface area contributed by atoms with E-state index in [4.69, 9.17) is 0 Å². The Morgan fingerprint density at radius 3 is 2.41 bits per heavy atom. The van der Waals surface area contributed by atoms with Crippen LogP contribution in [-0.2, 0) is 0 Å². The summed E-state index contributed by atoms with van der Waals surface area (Å²) in [6, 6.07) is 13.8. The fourth-order valence-electron chi connectivity index (χ4n) is 2.16. The molecule has 0 bridgehead atoms. The summed E-state index contributed by atoms with van der Waals surface area (Å²) in [6.45, 7) is 0. The van der Waals surface area contributed by atoms with E-state index in [2.05, 4.69) is 18.2 Å². The first-order valence-corrected chi connectivity index (χ1v) is 5.62. The van der Waals surface area contributed by atoms with E-state index in [9.17, 15) is 5.11 Å². The second-order valence-electron chi connectivity index (χ2n) is 4.04. The minimum Gasteiger partial charge on any atom is -0.507 e. The molecule has 0 fully saturated rings. The van der Waals surface area contributed by atoms with Crippen LogP contribution >= 0.6 is 0 Å². The smallest absolute Gasteiger partial charge is 0.123 e. The minimum atomic E-state index is 0.323. The Morgan fingerprint density at radius 2 is 1.47 bits per heavy atom. The van der Waals surface area contributed by atoms with Crippen molar-refractivity contribution in [3.05, 3.63) is 75.5 Å². The van der Waals surface area contributed by atoms with Gasteiger partial charge >= 0.3 is 0 Å². The van der Waals surface area contributed by atoms with Crippen molar-refractivity contribution in [3.63, 3.8) is 0 Å². The van der Waals surface area contributed by atoms with Crippen LogP contribution in [0.2, 0.25) is 0 Å². The molecule has 0 aliphatic heterocycles. The SMILES string of the molecule is Oc1cccc2c1=CC=CC=c1ccccc1=2. The summed E-state index contributed by atoms with van der Waals surface area (Å²) in [7, 11) is 0. The first kappa shape index (κ1) is 9.91. The lowest BCUT2D eigenvalue weighted by Crippen LogP contribution is -2.10. The second kappa shape index (κ2) is 3.95. The average Bonchev–Trinajstić information content (AvgIpc) is 2.33. The van der Waals surface area contributed by atoms with Gasteiger partial charge in [0.15, 0.2) is 0 Å². The van der Waals surface area contributed by atoms with Gasteiger partial charge in [0.2, 0.25) is 0 Å². The molecule has 0 spiro atoms. The molecule has 17 heavy (non-hydrogen) atoms. The zero-order valence-corrected chi connectivity index (χ0v) is 9.30. The molecule has 3 rings (SSSR count). The van der Waals surface area contributed by atoms with E-state index >= 15 is 0 Å². The van der Waals surface area contributed by atoms with Crippen LogP contribution in [-0.4, -0.2) is 5.11 Å². The molecule has 0 radical (unpaired) electrons. The fraction of sp³-hybridized carbons (Fsp3) is 0. The summed E-state index contributed by atoms with van der Waals surface area (Å²) >= 11 is 0. The number of allylic oxidation sites excluding steroid dienone is 2. The van der Waals surface area contributed by atoms with Crippen molar-refractivity contribution in [1.29, 1.82) is 0 Å². The standard InChI is InChI=1S/C16H12O/c17-16-11-5-10-14-13-8-3-1-6-12(13)7-2-4-9-15(14)16/h1-11,17H. The molecule has 0 aromatic heterocycles. The number of benzene rings is 2. The van der Waals surface area contributed by atoms with Crippen molar-refractivity contribution in [2.75, 3.05) is 0 Å². The Kier molecular flexibility index (Phi) is 2.30. The molecular weight excluding hydrogens is 208 g/mol. The van der Waals surface area contributed by atoms with E-state index in [1.54, 1.807) is 6.07 Å². The Balaban J connectivity index is 2.75. The van der Waals surface area contributed by atoms with E-state index in [0.717, 1.165) is 15.7 Å². The van der Waals surface area contributed by atoms with E-state index in [1.807, 2.05) is 42.5 Å². The van der Waals surface area contributed by atoms with Gasteiger partial charge in [-0.2, -0.15) is 0 Å². The van der Waals surface area contributed by atoms with Crippen molar-refractivity contribution in [2.24, 2.45) is 0 Å². The Morgan fingerprint density at radius 1 is 0.706 bits per heavy atom. The van der Waals surface area contributed by atoms with Gasteiger partial charge in [-0.25, -0.2) is 0 Å². The van der Waals surface area contributed by atoms with Crippen molar-refractivity contribution >= 4 is 12.2 Å². The molecule has 1 N–H and O–H groups in total. The van der Waals surface area contributed by atoms with Crippen LogP contribution in [0.25, 0.3) is 12.2 Å². The van der Waals surface area contributed by atoms with Gasteiger partial charge in [0.1, 0.15) is 5.75 Å². The normalized spacial score (nSPS) is 12.5. The molecule has 0 amide bonds. The topological polar surface area (TPSA) is 20.2 Å². The number of hydrogen-bond acceptors (Lipinski definition) is 1. The number of phenolic OH excluding ortho intramolecular Hbond substituents is 1. The molecule has 0 unspecified atom stereocenters. The molecule has 1 aliphatic carbocycles. The molecule has 0 saturated heterocycles. The molecule has 82 valence electrons. The van der Waals surface area contributed by atoms with E-state index in [1.165, 1.54) is 5.22 Å². The first-order valence-electron chi connectivity index (χ1n) is 5.62. The Hall–Kier alpha value is -2.28. The van der Waals surface area contributed by atoms with Crippen molar-refractivity contribution in [3.8, 4) is 5.75 Å². The summed E-state index contributed by atoms with van der Waals surface area (Å²) in [4.78, 5) is 0. The van der Waals surface area contributed by atoms with Gasteiger partial charge in [-0.15, -0.1) is 0 Å². The third-order valence-corrected chi connectivity index (χ3v) is 2.98. The first-order chi connectivity index (χ1) is 8.36. The highest BCUT2D eigenvalue weighted by atomic mass is 16.3. The number of aromatic hydroxyl groups is 1. The lowest BCUT2D eigenvalue weighted by Gasteiger charge is -1.98. The molecule has 0 saturated carbocycles. The van der Waals surface area contributed by atoms with Crippen LogP contribution in [0, 0.1) is 10.4 Å². The quantitative estimate of drug-likeness (QED) is 0.718. The van der Waals surface area contributed by atoms with E-state index in [-0.39, 0.29) is 0 Å². The molecule has 2 aromatic rings. The minimum absolute atomic E-state index is 0.323. The molecular formula is C16H12O. The zero-order chi connectivity index (χ0) is 11.7. The average molecular weight is 220 g/mol. The summed E-state index contributed by atoms with van der Waals surface area (Å²) in [5.74, 6) is 0.323. The maximum absolute atomic E-state index is 9.92. The van der Waals surface area contributed by atoms with Gasteiger partial charge in [-0.3, -0.25) is 0 Å². The monoisotopic (exact) mass is 220 g/mol. The highest BCUT2D eigenvalue weighted by Crippen LogP contribution is 2.02. The zero-order valence-electron chi connectivity index (χ0n) is 9.30. The third-order valence-electron chi connectivity index (χ3n) is 2.98. The van der Waals surface area contributed by atoms with Crippen LogP contribution < -0.4 is 10.4 Å². The number of phenols is 1.